The number of aliphatic hydroxyl groups is 1. The predicted octanol–water partition coefficient (Wildman–Crippen LogP) is 4.99. The lowest BCUT2D eigenvalue weighted by Gasteiger charge is -2.11. The van der Waals surface area contributed by atoms with Crippen LogP contribution in [0, 0.1) is 0 Å². The highest BCUT2D eigenvalue weighted by Gasteiger charge is 2.14. The molecule has 0 saturated heterocycles. The first kappa shape index (κ1) is 15.4. The lowest BCUT2D eigenvalue weighted by atomic mass is 10.2. The second-order valence-corrected chi connectivity index (χ2v) is 6.83. The molecule has 112 valence electrons. The van der Waals surface area contributed by atoms with Gasteiger partial charge in [-0.05, 0) is 41.9 Å². The molecule has 7 heteroatoms. The van der Waals surface area contributed by atoms with E-state index in [1.54, 1.807) is 0 Å². The minimum atomic E-state index is -0.720. The molecule has 3 rings (SSSR count). The molecule has 0 aliphatic heterocycles. The number of fused-ring (bicyclic) bond motifs is 3. The van der Waals surface area contributed by atoms with Crippen molar-refractivity contribution < 1.29 is 5.11 Å². The SMILES string of the molecule is [N-]=[N+]=NC[C@@H](O)Cn1c2ccc(Br)cc2c2cc(Br)ccc21. The Morgan fingerprint density at radius 2 is 1.64 bits per heavy atom. The summed E-state index contributed by atoms with van der Waals surface area (Å²) in [5.74, 6) is 0. The number of aromatic nitrogens is 1. The van der Waals surface area contributed by atoms with E-state index < -0.39 is 6.10 Å². The van der Waals surface area contributed by atoms with Gasteiger partial charge in [-0.25, -0.2) is 0 Å². The standard InChI is InChI=1S/C15H12Br2N4O/c16-9-1-3-14-12(5-9)13-6-10(17)2-4-15(13)21(14)8-11(22)7-19-20-18/h1-6,11,22H,7-8H2/t11-/m1/s1. The molecule has 0 unspecified atom stereocenters. The fourth-order valence-corrected chi connectivity index (χ4v) is 3.37. The van der Waals surface area contributed by atoms with E-state index in [9.17, 15) is 5.11 Å². The minimum Gasteiger partial charge on any atom is -0.391 e. The molecule has 1 atom stereocenters. The lowest BCUT2D eigenvalue weighted by molar-refractivity contribution is 0.165. The predicted molar refractivity (Wildman–Crippen MR) is 94.9 cm³/mol. The summed E-state index contributed by atoms with van der Waals surface area (Å²) >= 11 is 7.01. The molecule has 0 bridgehead atoms. The summed E-state index contributed by atoms with van der Waals surface area (Å²) in [4.78, 5) is 2.70. The minimum absolute atomic E-state index is 0.0602. The summed E-state index contributed by atoms with van der Waals surface area (Å²) in [6.07, 6.45) is -0.720. The van der Waals surface area contributed by atoms with Crippen molar-refractivity contribution in [3.05, 3.63) is 55.8 Å². The molecule has 2 aromatic carbocycles. The first-order chi connectivity index (χ1) is 10.6. The van der Waals surface area contributed by atoms with Crippen LogP contribution in [-0.4, -0.2) is 22.3 Å². The van der Waals surface area contributed by atoms with Gasteiger partial charge in [-0.2, -0.15) is 0 Å². The molecule has 1 heterocycles. The van der Waals surface area contributed by atoms with Crippen molar-refractivity contribution >= 4 is 53.7 Å². The summed E-state index contributed by atoms with van der Waals surface area (Å²) in [6.45, 7) is 0.438. The summed E-state index contributed by atoms with van der Waals surface area (Å²) < 4.78 is 4.07. The van der Waals surface area contributed by atoms with Gasteiger partial charge < -0.3 is 9.67 Å². The molecule has 0 aliphatic rings. The van der Waals surface area contributed by atoms with Crippen molar-refractivity contribution in [1.82, 2.24) is 4.57 Å². The number of benzene rings is 2. The van der Waals surface area contributed by atoms with E-state index in [1.165, 1.54) is 0 Å². The summed E-state index contributed by atoms with van der Waals surface area (Å²) in [6, 6.07) is 12.1. The van der Waals surface area contributed by atoms with Crippen molar-refractivity contribution in [2.75, 3.05) is 6.54 Å². The van der Waals surface area contributed by atoms with Gasteiger partial charge in [0.15, 0.2) is 0 Å². The van der Waals surface area contributed by atoms with Crippen LogP contribution in [0.4, 0.5) is 0 Å². The highest BCUT2D eigenvalue weighted by atomic mass is 79.9. The number of aliphatic hydroxyl groups excluding tert-OH is 1. The van der Waals surface area contributed by atoms with Gasteiger partial charge in [0.05, 0.1) is 12.6 Å². The highest BCUT2D eigenvalue weighted by Crippen LogP contribution is 2.33. The van der Waals surface area contributed by atoms with Crippen LogP contribution in [-0.2, 0) is 6.54 Å². The molecule has 0 amide bonds. The van der Waals surface area contributed by atoms with Gasteiger partial charge in [0, 0.05) is 42.2 Å². The van der Waals surface area contributed by atoms with Crippen molar-refractivity contribution in [1.29, 1.82) is 0 Å². The lowest BCUT2D eigenvalue weighted by Crippen LogP contribution is -2.18. The molecule has 0 saturated carbocycles. The molecule has 0 radical (unpaired) electrons. The normalized spacial score (nSPS) is 12.5. The third-order valence-electron chi connectivity index (χ3n) is 3.54. The summed E-state index contributed by atoms with van der Waals surface area (Å²) in [5, 5.41) is 15.7. The van der Waals surface area contributed by atoms with Crippen LogP contribution in [0.5, 0.6) is 0 Å². The van der Waals surface area contributed by atoms with Gasteiger partial charge in [0.2, 0.25) is 0 Å². The van der Waals surface area contributed by atoms with E-state index in [2.05, 4.69) is 58.6 Å². The van der Waals surface area contributed by atoms with E-state index in [-0.39, 0.29) is 6.54 Å². The second-order valence-electron chi connectivity index (χ2n) is 5.00. The maximum Gasteiger partial charge on any atom is 0.0775 e. The molecular weight excluding hydrogens is 412 g/mol. The molecule has 3 aromatic rings. The average Bonchev–Trinajstić information content (AvgIpc) is 2.78. The smallest absolute Gasteiger partial charge is 0.0775 e. The number of nitrogens with zero attached hydrogens (tertiary/aromatic N) is 4. The molecule has 22 heavy (non-hydrogen) atoms. The third-order valence-corrected chi connectivity index (χ3v) is 4.52. The van der Waals surface area contributed by atoms with E-state index in [4.69, 9.17) is 5.53 Å². The van der Waals surface area contributed by atoms with Gasteiger partial charge in [0.25, 0.3) is 0 Å². The van der Waals surface area contributed by atoms with Gasteiger partial charge in [-0.3, -0.25) is 0 Å². The largest absolute Gasteiger partial charge is 0.391 e. The maximum absolute atomic E-state index is 10.1. The Hall–Kier alpha value is -1.53. The van der Waals surface area contributed by atoms with Crippen LogP contribution >= 0.6 is 31.9 Å². The molecule has 5 nitrogen and oxygen atoms in total. The Kier molecular flexibility index (Phi) is 4.40. The monoisotopic (exact) mass is 422 g/mol. The topological polar surface area (TPSA) is 73.9 Å². The van der Waals surface area contributed by atoms with E-state index >= 15 is 0 Å². The maximum atomic E-state index is 10.1. The van der Waals surface area contributed by atoms with Crippen LogP contribution in [0.1, 0.15) is 0 Å². The average molecular weight is 424 g/mol. The van der Waals surface area contributed by atoms with Crippen molar-refractivity contribution in [3.8, 4) is 0 Å². The van der Waals surface area contributed by atoms with Gasteiger partial charge >= 0.3 is 0 Å². The van der Waals surface area contributed by atoms with Gasteiger partial charge in [-0.1, -0.05) is 37.0 Å². The Labute approximate surface area is 143 Å². The van der Waals surface area contributed by atoms with Crippen LogP contribution in [0.15, 0.2) is 50.5 Å². The number of azide groups is 1. The van der Waals surface area contributed by atoms with Crippen molar-refractivity contribution in [3.63, 3.8) is 0 Å². The molecule has 0 fully saturated rings. The molecule has 0 aliphatic carbocycles. The number of halogens is 2. The van der Waals surface area contributed by atoms with Crippen LogP contribution in [0.2, 0.25) is 0 Å². The Morgan fingerprint density at radius 1 is 1.09 bits per heavy atom. The van der Waals surface area contributed by atoms with E-state index in [1.807, 2.05) is 24.3 Å². The fraction of sp³-hybridized carbons (Fsp3) is 0.200. The van der Waals surface area contributed by atoms with Crippen LogP contribution in [0.25, 0.3) is 32.2 Å². The first-order valence-electron chi connectivity index (χ1n) is 6.66. The zero-order valence-electron chi connectivity index (χ0n) is 11.4. The second kappa shape index (κ2) is 6.30. The van der Waals surface area contributed by atoms with Crippen molar-refractivity contribution in [2.45, 2.75) is 12.6 Å². The molecular formula is C15H12Br2N4O. The van der Waals surface area contributed by atoms with Crippen LogP contribution < -0.4 is 0 Å². The summed E-state index contributed by atoms with van der Waals surface area (Å²) in [7, 11) is 0. The Balaban J connectivity index is 2.20. The zero-order chi connectivity index (χ0) is 15.7. The first-order valence-corrected chi connectivity index (χ1v) is 8.24. The molecule has 1 N–H and O–H groups in total. The van der Waals surface area contributed by atoms with Crippen LogP contribution in [0.3, 0.4) is 0 Å². The Morgan fingerprint density at radius 3 is 2.14 bits per heavy atom. The molecule has 0 spiro atoms. The fourth-order valence-electron chi connectivity index (χ4n) is 2.64. The van der Waals surface area contributed by atoms with Gasteiger partial charge in [0.1, 0.15) is 0 Å². The highest BCUT2D eigenvalue weighted by molar-refractivity contribution is 9.10. The van der Waals surface area contributed by atoms with E-state index in [0.717, 1.165) is 30.8 Å². The van der Waals surface area contributed by atoms with Crippen molar-refractivity contribution in [2.24, 2.45) is 5.11 Å². The molecule has 1 aromatic heterocycles. The quantitative estimate of drug-likeness (QED) is 0.358. The van der Waals surface area contributed by atoms with E-state index in [0.29, 0.717) is 6.54 Å². The zero-order valence-corrected chi connectivity index (χ0v) is 14.6. The Bertz CT molecular complexity index is 840. The third kappa shape index (κ3) is 2.85. The van der Waals surface area contributed by atoms with Gasteiger partial charge in [-0.15, -0.1) is 0 Å². The number of rotatable bonds is 4. The summed E-state index contributed by atoms with van der Waals surface area (Å²) in [5.41, 5.74) is 10.5. The number of hydrogen-bond donors (Lipinski definition) is 1. The number of hydrogen-bond acceptors (Lipinski definition) is 2.